The van der Waals surface area contributed by atoms with Crippen LogP contribution in [0.25, 0.3) is 0 Å². The fourth-order valence-corrected chi connectivity index (χ4v) is 2.71. The molecule has 100 valence electrons. The van der Waals surface area contributed by atoms with Gasteiger partial charge in [-0.1, -0.05) is 19.0 Å². The molecule has 0 amide bonds. The van der Waals surface area contributed by atoms with Crippen LogP contribution >= 0.6 is 11.8 Å². The van der Waals surface area contributed by atoms with E-state index in [0.717, 1.165) is 28.5 Å². The van der Waals surface area contributed by atoms with Crippen LogP contribution in [0.4, 0.5) is 0 Å². The molecule has 0 aromatic carbocycles. The third-order valence-corrected chi connectivity index (χ3v) is 3.72. The summed E-state index contributed by atoms with van der Waals surface area (Å²) in [7, 11) is 0. The molecule has 1 aromatic heterocycles. The zero-order valence-electron chi connectivity index (χ0n) is 11.3. The molecule has 0 bridgehead atoms. The Kier molecular flexibility index (Phi) is 5.40. The third-order valence-electron chi connectivity index (χ3n) is 2.72. The van der Waals surface area contributed by atoms with Crippen molar-refractivity contribution in [3.8, 4) is 0 Å². The van der Waals surface area contributed by atoms with E-state index in [-0.39, 0.29) is 5.84 Å². The summed E-state index contributed by atoms with van der Waals surface area (Å²) >= 11 is 1.60. The highest BCUT2D eigenvalue weighted by Gasteiger charge is 2.15. The Balaban J connectivity index is 3.00. The van der Waals surface area contributed by atoms with Gasteiger partial charge in [0.05, 0.1) is 11.3 Å². The summed E-state index contributed by atoms with van der Waals surface area (Å²) in [6.07, 6.45) is 1.09. The standard InChI is InChI=1S/C12H20N4OS/c1-7(2)5-6-18-12-10(11(13)16-17)8(3)9(4)14-15-12/h7,17H,5-6H2,1-4H3,(H2,13,16). The largest absolute Gasteiger partial charge is 0.409 e. The van der Waals surface area contributed by atoms with Gasteiger partial charge in [0.25, 0.3) is 0 Å². The van der Waals surface area contributed by atoms with Crippen molar-refractivity contribution < 1.29 is 5.21 Å². The number of thioether (sulfide) groups is 1. The van der Waals surface area contributed by atoms with Gasteiger partial charge in [-0.05, 0) is 37.5 Å². The lowest BCUT2D eigenvalue weighted by Crippen LogP contribution is -2.18. The fourth-order valence-electron chi connectivity index (χ4n) is 1.43. The second kappa shape index (κ2) is 6.58. The molecule has 1 rings (SSSR count). The highest BCUT2D eigenvalue weighted by Crippen LogP contribution is 2.25. The Morgan fingerprint density at radius 3 is 2.61 bits per heavy atom. The van der Waals surface area contributed by atoms with Gasteiger partial charge in [0.1, 0.15) is 5.03 Å². The van der Waals surface area contributed by atoms with Crippen LogP contribution in [0.3, 0.4) is 0 Å². The summed E-state index contributed by atoms with van der Waals surface area (Å²) in [5.74, 6) is 1.68. The van der Waals surface area contributed by atoms with Crippen molar-refractivity contribution in [1.82, 2.24) is 10.2 Å². The molecule has 0 unspecified atom stereocenters. The van der Waals surface area contributed by atoms with E-state index in [2.05, 4.69) is 29.2 Å². The van der Waals surface area contributed by atoms with Crippen LogP contribution in [0.1, 0.15) is 37.1 Å². The first-order valence-corrected chi connectivity index (χ1v) is 6.90. The maximum atomic E-state index is 8.85. The van der Waals surface area contributed by atoms with Crippen molar-refractivity contribution in [2.45, 2.75) is 39.1 Å². The smallest absolute Gasteiger partial charge is 0.173 e. The molecule has 0 radical (unpaired) electrons. The molecule has 0 aliphatic heterocycles. The van der Waals surface area contributed by atoms with E-state index in [9.17, 15) is 0 Å². The molecule has 5 nitrogen and oxygen atoms in total. The first-order chi connectivity index (χ1) is 8.47. The van der Waals surface area contributed by atoms with Crippen molar-refractivity contribution >= 4 is 17.6 Å². The number of nitrogens with zero attached hydrogens (tertiary/aromatic N) is 3. The molecular weight excluding hydrogens is 248 g/mol. The summed E-state index contributed by atoms with van der Waals surface area (Å²) in [5, 5.41) is 20.9. The van der Waals surface area contributed by atoms with Crippen LogP contribution in [0.5, 0.6) is 0 Å². The van der Waals surface area contributed by atoms with Gasteiger partial charge in [0, 0.05) is 0 Å². The maximum Gasteiger partial charge on any atom is 0.173 e. The normalized spacial score (nSPS) is 12.2. The van der Waals surface area contributed by atoms with E-state index in [0.29, 0.717) is 11.5 Å². The molecule has 18 heavy (non-hydrogen) atoms. The first kappa shape index (κ1) is 14.8. The van der Waals surface area contributed by atoms with E-state index < -0.39 is 0 Å². The molecule has 0 aliphatic carbocycles. The Hall–Kier alpha value is -1.30. The molecule has 0 saturated heterocycles. The zero-order chi connectivity index (χ0) is 13.7. The minimum atomic E-state index is 0.0950. The maximum absolute atomic E-state index is 8.85. The second-order valence-corrected chi connectivity index (χ2v) is 5.69. The number of amidine groups is 1. The van der Waals surface area contributed by atoms with E-state index in [1.807, 2.05) is 13.8 Å². The van der Waals surface area contributed by atoms with Gasteiger partial charge in [-0.15, -0.1) is 16.9 Å². The van der Waals surface area contributed by atoms with Crippen LogP contribution in [0.2, 0.25) is 0 Å². The Bertz CT molecular complexity index is 446. The van der Waals surface area contributed by atoms with Gasteiger partial charge in [-0.3, -0.25) is 0 Å². The van der Waals surface area contributed by atoms with Crippen molar-refractivity contribution in [2.24, 2.45) is 16.8 Å². The highest BCUT2D eigenvalue weighted by molar-refractivity contribution is 7.99. The molecule has 0 spiro atoms. The van der Waals surface area contributed by atoms with E-state index in [1.165, 1.54) is 0 Å². The van der Waals surface area contributed by atoms with E-state index in [1.54, 1.807) is 11.8 Å². The van der Waals surface area contributed by atoms with Crippen molar-refractivity contribution in [2.75, 3.05) is 5.75 Å². The minimum absolute atomic E-state index is 0.0950. The molecule has 0 fully saturated rings. The summed E-state index contributed by atoms with van der Waals surface area (Å²) < 4.78 is 0. The second-order valence-electron chi connectivity index (χ2n) is 4.61. The minimum Gasteiger partial charge on any atom is -0.409 e. The number of rotatable bonds is 5. The van der Waals surface area contributed by atoms with Crippen LogP contribution < -0.4 is 5.73 Å². The number of hydrogen-bond donors (Lipinski definition) is 2. The number of nitrogens with two attached hydrogens (primary N) is 1. The Morgan fingerprint density at radius 2 is 2.06 bits per heavy atom. The topological polar surface area (TPSA) is 84.4 Å². The van der Waals surface area contributed by atoms with Gasteiger partial charge in [0.15, 0.2) is 5.84 Å². The Labute approximate surface area is 112 Å². The van der Waals surface area contributed by atoms with Gasteiger partial charge in [0.2, 0.25) is 0 Å². The van der Waals surface area contributed by atoms with Crippen LogP contribution in [0, 0.1) is 19.8 Å². The predicted octanol–water partition coefficient (Wildman–Crippen LogP) is 2.33. The van der Waals surface area contributed by atoms with Crippen LogP contribution in [-0.4, -0.2) is 27.0 Å². The lowest BCUT2D eigenvalue weighted by atomic mass is 10.1. The first-order valence-electron chi connectivity index (χ1n) is 5.92. The average molecular weight is 268 g/mol. The summed E-state index contributed by atoms with van der Waals surface area (Å²) in [6.45, 7) is 8.12. The third kappa shape index (κ3) is 3.60. The van der Waals surface area contributed by atoms with Crippen molar-refractivity contribution in [3.63, 3.8) is 0 Å². The monoisotopic (exact) mass is 268 g/mol. The summed E-state index contributed by atoms with van der Waals surface area (Å²) in [4.78, 5) is 0. The lowest BCUT2D eigenvalue weighted by Gasteiger charge is -2.11. The van der Waals surface area contributed by atoms with Gasteiger partial charge >= 0.3 is 0 Å². The number of aromatic nitrogens is 2. The van der Waals surface area contributed by atoms with Gasteiger partial charge in [-0.25, -0.2) is 0 Å². The van der Waals surface area contributed by atoms with Crippen LogP contribution in [0.15, 0.2) is 10.2 Å². The molecule has 3 N–H and O–H groups in total. The van der Waals surface area contributed by atoms with Crippen LogP contribution in [-0.2, 0) is 0 Å². The quantitative estimate of drug-likeness (QED) is 0.281. The lowest BCUT2D eigenvalue weighted by molar-refractivity contribution is 0.318. The molecule has 1 aromatic rings. The van der Waals surface area contributed by atoms with Crippen molar-refractivity contribution in [1.29, 1.82) is 0 Å². The van der Waals surface area contributed by atoms with E-state index in [4.69, 9.17) is 10.9 Å². The Morgan fingerprint density at radius 1 is 1.39 bits per heavy atom. The summed E-state index contributed by atoms with van der Waals surface area (Å²) in [5.41, 5.74) is 8.11. The molecular formula is C12H20N4OS. The number of hydrogen-bond acceptors (Lipinski definition) is 5. The molecule has 0 saturated carbocycles. The highest BCUT2D eigenvalue weighted by atomic mass is 32.2. The molecule has 0 atom stereocenters. The summed E-state index contributed by atoms with van der Waals surface area (Å²) in [6, 6.07) is 0. The predicted molar refractivity (Wildman–Crippen MR) is 74.2 cm³/mol. The average Bonchev–Trinajstić information content (AvgIpc) is 2.32. The number of aryl methyl sites for hydroxylation is 1. The fraction of sp³-hybridized carbons (Fsp3) is 0.583. The molecule has 1 heterocycles. The zero-order valence-corrected chi connectivity index (χ0v) is 12.1. The van der Waals surface area contributed by atoms with Crippen molar-refractivity contribution in [3.05, 3.63) is 16.8 Å². The van der Waals surface area contributed by atoms with Gasteiger partial charge in [-0.2, -0.15) is 5.10 Å². The van der Waals surface area contributed by atoms with E-state index >= 15 is 0 Å². The number of oxime groups is 1. The molecule has 6 heteroatoms. The van der Waals surface area contributed by atoms with Gasteiger partial charge < -0.3 is 10.9 Å². The molecule has 0 aliphatic rings. The SMILES string of the molecule is Cc1nnc(SCCC(C)C)c(C(N)=NO)c1C.